The van der Waals surface area contributed by atoms with E-state index in [1.54, 1.807) is 11.6 Å². The largest absolute Gasteiger partial charge is 0.355 e. The molecule has 1 atom stereocenters. The predicted octanol–water partition coefficient (Wildman–Crippen LogP) is 5.17. The van der Waals surface area contributed by atoms with Gasteiger partial charge in [0.2, 0.25) is 0 Å². The second kappa shape index (κ2) is 7.92. The van der Waals surface area contributed by atoms with E-state index in [9.17, 15) is 9.59 Å². The number of carbonyl (C=O) groups excluding carboxylic acids is 2. The molecule has 0 spiro atoms. The Morgan fingerprint density at radius 1 is 1.26 bits per heavy atom. The van der Waals surface area contributed by atoms with Gasteiger partial charge >= 0.3 is 0 Å². The molecule has 3 aromatic rings. The van der Waals surface area contributed by atoms with E-state index in [0.717, 1.165) is 15.7 Å². The smallest absolute Gasteiger partial charge is 0.192 e. The van der Waals surface area contributed by atoms with Crippen LogP contribution >= 0.6 is 35.3 Å². The number of H-pyrrole nitrogens is 1. The monoisotopic (exact) mass is 417 g/mol. The highest BCUT2D eigenvalue weighted by atomic mass is 32.2. The van der Waals surface area contributed by atoms with Gasteiger partial charge in [0, 0.05) is 11.3 Å². The lowest BCUT2D eigenvalue weighted by Crippen LogP contribution is -2.15. The summed E-state index contributed by atoms with van der Waals surface area (Å²) in [5, 5.41) is 4.19. The molecule has 1 unspecified atom stereocenters. The van der Waals surface area contributed by atoms with E-state index in [4.69, 9.17) is 12.2 Å². The summed E-state index contributed by atoms with van der Waals surface area (Å²) in [6.45, 7) is 6.97. The van der Waals surface area contributed by atoms with Crippen molar-refractivity contribution in [2.24, 2.45) is 0 Å². The first-order valence-electron chi connectivity index (χ1n) is 8.36. The number of benzene rings is 1. The first kappa shape index (κ1) is 19.7. The Bertz CT molecular complexity index is 1060. The second-order valence-corrected chi connectivity index (χ2v) is 9.40. The van der Waals surface area contributed by atoms with Crippen molar-refractivity contribution < 1.29 is 9.59 Å². The molecule has 0 radical (unpaired) electrons. The number of hydrogen-bond acceptors (Lipinski definition) is 6. The van der Waals surface area contributed by atoms with Gasteiger partial charge in [0.1, 0.15) is 0 Å². The van der Waals surface area contributed by atoms with Crippen molar-refractivity contribution in [2.75, 3.05) is 0 Å². The maximum atomic E-state index is 12.9. The number of para-hydroxylation sites is 1. The Balaban J connectivity index is 1.83. The molecule has 1 N–H and O–H groups in total. The molecule has 0 aliphatic heterocycles. The summed E-state index contributed by atoms with van der Waals surface area (Å²) in [7, 11) is 0. The first-order chi connectivity index (χ1) is 12.8. The number of nitrogens with zero attached hydrogens (tertiary/aromatic N) is 2. The standard InChI is InChI=1S/C19H19N3O2S3/c1-10-15(12(3)23)11(2)20-16(10)17(24)13(4)26-18-21-22(19(25)27-18)14-8-6-5-7-9-14/h5-9,13,20H,1-4H3. The van der Waals surface area contributed by atoms with Crippen molar-refractivity contribution in [1.29, 1.82) is 0 Å². The zero-order chi connectivity index (χ0) is 19.7. The third-order valence-corrected chi connectivity index (χ3v) is 6.63. The van der Waals surface area contributed by atoms with Gasteiger partial charge in [-0.2, -0.15) is 0 Å². The molecule has 2 heterocycles. The van der Waals surface area contributed by atoms with Crippen molar-refractivity contribution in [2.45, 2.75) is 37.3 Å². The van der Waals surface area contributed by atoms with Crippen LogP contribution in [0.2, 0.25) is 0 Å². The summed E-state index contributed by atoms with van der Waals surface area (Å²) < 4.78 is 3.07. The van der Waals surface area contributed by atoms with Crippen LogP contribution in [0.1, 0.15) is 46.0 Å². The molecule has 0 fully saturated rings. The van der Waals surface area contributed by atoms with Gasteiger partial charge in [0.15, 0.2) is 19.9 Å². The quantitative estimate of drug-likeness (QED) is 0.340. The summed E-state index contributed by atoms with van der Waals surface area (Å²) in [5.41, 5.74) is 3.42. The Labute approximate surface area is 170 Å². The molecule has 1 aromatic carbocycles. The average molecular weight is 418 g/mol. The predicted molar refractivity (Wildman–Crippen MR) is 112 cm³/mol. The van der Waals surface area contributed by atoms with Gasteiger partial charge in [-0.3, -0.25) is 9.59 Å². The highest BCUT2D eigenvalue weighted by molar-refractivity contribution is 8.02. The fourth-order valence-electron chi connectivity index (χ4n) is 2.97. The minimum Gasteiger partial charge on any atom is -0.355 e. The molecule has 8 heteroatoms. The number of ketones is 2. The fourth-order valence-corrected chi connectivity index (χ4v) is 5.54. The molecule has 27 heavy (non-hydrogen) atoms. The molecule has 3 rings (SSSR count). The fraction of sp³-hybridized carbons (Fsp3) is 0.263. The van der Waals surface area contributed by atoms with E-state index in [2.05, 4.69) is 10.1 Å². The maximum absolute atomic E-state index is 12.9. The number of nitrogens with one attached hydrogen (secondary N) is 1. The van der Waals surface area contributed by atoms with Crippen LogP contribution in [0, 0.1) is 17.8 Å². The Morgan fingerprint density at radius 2 is 1.93 bits per heavy atom. The molecule has 2 aromatic heterocycles. The van der Waals surface area contributed by atoms with Crippen molar-refractivity contribution in [1.82, 2.24) is 14.8 Å². The SMILES string of the molecule is CC(=O)c1c(C)[nH]c(C(=O)C(C)Sc2nn(-c3ccccc3)c(=S)s2)c1C. The molecular weight excluding hydrogens is 398 g/mol. The average Bonchev–Trinajstić information content (AvgIpc) is 3.13. The van der Waals surface area contributed by atoms with Gasteiger partial charge < -0.3 is 4.98 Å². The first-order valence-corrected chi connectivity index (χ1v) is 10.5. The van der Waals surface area contributed by atoms with Crippen LogP contribution in [0.4, 0.5) is 0 Å². The zero-order valence-corrected chi connectivity index (χ0v) is 17.8. The molecule has 0 bridgehead atoms. The summed E-state index contributed by atoms with van der Waals surface area (Å²) in [5.74, 6) is -0.0966. The number of Topliss-reactive ketones (excluding diaryl/α,β-unsaturated/α-hetero) is 2. The summed E-state index contributed by atoms with van der Waals surface area (Å²) >= 11 is 8.17. The van der Waals surface area contributed by atoms with Gasteiger partial charge in [0.05, 0.1) is 16.6 Å². The number of aryl methyl sites for hydroxylation is 1. The molecular formula is C19H19N3O2S3. The van der Waals surface area contributed by atoms with E-state index in [1.807, 2.05) is 44.2 Å². The molecule has 0 amide bonds. The van der Waals surface area contributed by atoms with Crippen molar-refractivity contribution in [3.05, 3.63) is 56.8 Å². The lowest BCUT2D eigenvalue weighted by molar-refractivity contribution is 0.0988. The van der Waals surface area contributed by atoms with E-state index in [1.165, 1.54) is 30.0 Å². The Kier molecular flexibility index (Phi) is 5.78. The highest BCUT2D eigenvalue weighted by Gasteiger charge is 2.25. The molecule has 140 valence electrons. The molecule has 0 aliphatic carbocycles. The number of aromatic nitrogens is 3. The van der Waals surface area contributed by atoms with Crippen LogP contribution in [0.25, 0.3) is 5.69 Å². The Morgan fingerprint density at radius 3 is 2.52 bits per heavy atom. The number of carbonyl (C=O) groups is 2. The number of rotatable bonds is 6. The second-order valence-electron chi connectivity index (χ2n) is 6.19. The van der Waals surface area contributed by atoms with Crippen LogP contribution in [0.3, 0.4) is 0 Å². The van der Waals surface area contributed by atoms with Crippen molar-refractivity contribution in [3.63, 3.8) is 0 Å². The van der Waals surface area contributed by atoms with Gasteiger partial charge in [-0.1, -0.05) is 41.3 Å². The third-order valence-electron chi connectivity index (χ3n) is 4.21. The molecule has 0 aliphatic rings. The minimum absolute atomic E-state index is 0.0415. The molecule has 0 saturated carbocycles. The summed E-state index contributed by atoms with van der Waals surface area (Å²) in [4.78, 5) is 27.8. The van der Waals surface area contributed by atoms with Crippen LogP contribution in [-0.4, -0.2) is 31.6 Å². The van der Waals surface area contributed by atoms with Crippen molar-refractivity contribution in [3.8, 4) is 5.69 Å². The molecule has 0 saturated heterocycles. The summed E-state index contributed by atoms with van der Waals surface area (Å²) in [6, 6.07) is 9.67. The summed E-state index contributed by atoms with van der Waals surface area (Å²) in [6.07, 6.45) is 0. The van der Waals surface area contributed by atoms with Crippen LogP contribution in [0.15, 0.2) is 34.7 Å². The lowest BCUT2D eigenvalue weighted by atomic mass is 10.0. The van der Waals surface area contributed by atoms with Gasteiger partial charge in [-0.25, -0.2) is 4.68 Å². The van der Waals surface area contributed by atoms with Gasteiger partial charge in [-0.15, -0.1) is 5.10 Å². The number of thioether (sulfide) groups is 1. The highest BCUT2D eigenvalue weighted by Crippen LogP contribution is 2.30. The van der Waals surface area contributed by atoms with Gasteiger partial charge in [0.25, 0.3) is 0 Å². The topological polar surface area (TPSA) is 67.8 Å². The normalized spacial score (nSPS) is 12.1. The van der Waals surface area contributed by atoms with Gasteiger partial charge in [-0.05, 0) is 57.6 Å². The van der Waals surface area contributed by atoms with E-state index < -0.39 is 0 Å². The lowest BCUT2D eigenvalue weighted by Gasteiger charge is -2.08. The number of hydrogen-bond donors (Lipinski definition) is 1. The minimum atomic E-state index is -0.355. The van der Waals surface area contributed by atoms with E-state index in [0.29, 0.717) is 20.8 Å². The molecule has 5 nitrogen and oxygen atoms in total. The van der Waals surface area contributed by atoms with Crippen LogP contribution in [0.5, 0.6) is 0 Å². The maximum Gasteiger partial charge on any atom is 0.192 e. The van der Waals surface area contributed by atoms with E-state index in [-0.39, 0.29) is 16.8 Å². The number of aromatic amines is 1. The van der Waals surface area contributed by atoms with Crippen molar-refractivity contribution >= 4 is 46.9 Å². The zero-order valence-electron chi connectivity index (χ0n) is 15.4. The third kappa shape index (κ3) is 3.97. The Hall–Kier alpha value is -2.03. The van der Waals surface area contributed by atoms with E-state index >= 15 is 0 Å². The van der Waals surface area contributed by atoms with Crippen LogP contribution in [-0.2, 0) is 0 Å². The van der Waals surface area contributed by atoms with Crippen LogP contribution < -0.4 is 0 Å².